The van der Waals surface area contributed by atoms with Crippen LogP contribution in [0.2, 0.25) is 5.02 Å². The van der Waals surface area contributed by atoms with E-state index in [-0.39, 0.29) is 16.2 Å². The van der Waals surface area contributed by atoms with Crippen LogP contribution in [0, 0.1) is 5.82 Å². The topological polar surface area (TPSA) is 112 Å². The van der Waals surface area contributed by atoms with E-state index in [2.05, 4.69) is 15.0 Å². The lowest BCUT2D eigenvalue weighted by molar-refractivity contribution is -0.192. The molecule has 0 saturated carbocycles. The molecule has 2 aromatic carbocycles. The summed E-state index contributed by atoms with van der Waals surface area (Å²) in [6.07, 6.45) is -3.63. The summed E-state index contributed by atoms with van der Waals surface area (Å²) in [5.41, 5.74) is 1.31. The van der Waals surface area contributed by atoms with Crippen LogP contribution in [-0.2, 0) is 14.8 Å². The number of nitrogens with one attached hydrogen (secondary N) is 2. The van der Waals surface area contributed by atoms with Gasteiger partial charge in [-0.25, -0.2) is 22.6 Å². The van der Waals surface area contributed by atoms with Gasteiger partial charge >= 0.3 is 12.1 Å². The lowest BCUT2D eigenvalue weighted by Crippen LogP contribution is -2.26. The van der Waals surface area contributed by atoms with Gasteiger partial charge in [0.1, 0.15) is 10.7 Å². The van der Waals surface area contributed by atoms with Crippen LogP contribution < -0.4 is 10.0 Å². The summed E-state index contributed by atoms with van der Waals surface area (Å²) in [5.74, 6) is -3.66. The molecular weight excluding hydrogens is 548 g/mol. The number of carboxylic acids is 1. The van der Waals surface area contributed by atoms with Crippen LogP contribution in [0.25, 0.3) is 0 Å². The Morgan fingerprint density at radius 1 is 1.22 bits per heavy atom. The number of aromatic nitrogens is 1. The third kappa shape index (κ3) is 8.62. The number of hydrogen-bond donors (Lipinski definition) is 3. The standard InChI is InChI=1S/C19H20ClFN4O2S2.C2HF3O2/c1-25(2)12-17(13-6-4-3-5-7-13)23-16-11-15(21)18(10-14(16)20)29(26,27)24-19-22-8-9-28-19;3-2(4,5)1(6)7/h3-11,17,23H,12H2,1-2H3,(H,22,24);(H,6,7). The van der Waals surface area contributed by atoms with Crippen molar-refractivity contribution in [2.24, 2.45) is 0 Å². The number of nitrogens with zero attached hydrogens (tertiary/aromatic N) is 2. The van der Waals surface area contributed by atoms with E-state index in [0.29, 0.717) is 12.2 Å². The number of alkyl halides is 3. The molecule has 1 unspecified atom stereocenters. The van der Waals surface area contributed by atoms with E-state index in [9.17, 15) is 26.0 Å². The van der Waals surface area contributed by atoms with Crippen molar-refractivity contribution in [2.45, 2.75) is 17.1 Å². The fraction of sp³-hybridized carbons (Fsp3) is 0.238. The highest BCUT2D eigenvalue weighted by Gasteiger charge is 2.38. The summed E-state index contributed by atoms with van der Waals surface area (Å²) in [4.78, 5) is 14.2. The molecule has 0 aliphatic rings. The molecule has 1 heterocycles. The van der Waals surface area contributed by atoms with Crippen LogP contribution in [0.1, 0.15) is 11.6 Å². The molecule has 0 bridgehead atoms. The van der Waals surface area contributed by atoms with Crippen molar-refractivity contribution in [3.05, 3.63) is 70.4 Å². The second-order valence-electron chi connectivity index (χ2n) is 7.38. The average Bonchev–Trinajstić information content (AvgIpc) is 3.27. The first-order valence-electron chi connectivity index (χ1n) is 9.88. The summed E-state index contributed by atoms with van der Waals surface area (Å²) >= 11 is 7.40. The predicted octanol–water partition coefficient (Wildman–Crippen LogP) is 5.08. The Morgan fingerprint density at radius 2 is 1.83 bits per heavy atom. The van der Waals surface area contributed by atoms with Crippen LogP contribution in [0.15, 0.2) is 58.9 Å². The first-order valence-corrected chi connectivity index (χ1v) is 12.6. The molecule has 196 valence electrons. The van der Waals surface area contributed by atoms with Crippen molar-refractivity contribution >= 4 is 49.7 Å². The van der Waals surface area contributed by atoms with Crippen molar-refractivity contribution in [2.75, 3.05) is 30.7 Å². The minimum absolute atomic E-state index is 0.102. The number of thiazole rings is 1. The van der Waals surface area contributed by atoms with Crippen molar-refractivity contribution < 1.29 is 35.9 Å². The molecule has 3 rings (SSSR count). The highest BCUT2D eigenvalue weighted by Crippen LogP contribution is 2.32. The summed E-state index contributed by atoms with van der Waals surface area (Å²) < 4.78 is 73.7. The van der Waals surface area contributed by atoms with E-state index >= 15 is 0 Å². The molecule has 8 nitrogen and oxygen atoms in total. The quantitative estimate of drug-likeness (QED) is 0.325. The Bertz CT molecular complexity index is 1260. The van der Waals surface area contributed by atoms with Gasteiger partial charge in [-0.1, -0.05) is 41.9 Å². The Kier molecular flexibility index (Phi) is 10.0. The molecule has 0 radical (unpaired) electrons. The highest BCUT2D eigenvalue weighted by molar-refractivity contribution is 7.93. The SMILES string of the molecule is CN(C)CC(Nc1cc(F)c(S(=O)(=O)Nc2nccs2)cc1Cl)c1ccccc1.O=C(O)C(F)(F)F. The van der Waals surface area contributed by atoms with Gasteiger partial charge in [-0.3, -0.25) is 4.72 Å². The second kappa shape index (κ2) is 12.3. The second-order valence-corrected chi connectivity index (χ2v) is 10.3. The zero-order chi connectivity index (χ0) is 27.1. The van der Waals surface area contributed by atoms with Crippen LogP contribution in [-0.4, -0.2) is 56.2 Å². The maximum absolute atomic E-state index is 14.7. The van der Waals surface area contributed by atoms with E-state index < -0.39 is 32.9 Å². The van der Waals surface area contributed by atoms with E-state index in [4.69, 9.17) is 21.5 Å². The molecule has 36 heavy (non-hydrogen) atoms. The fourth-order valence-corrected chi connectivity index (χ4v) is 4.92. The molecule has 1 atom stereocenters. The summed E-state index contributed by atoms with van der Waals surface area (Å²) in [5, 5.41) is 12.2. The number of carbonyl (C=O) groups is 1. The largest absolute Gasteiger partial charge is 0.490 e. The first kappa shape index (κ1) is 29.3. The molecule has 0 spiro atoms. The highest BCUT2D eigenvalue weighted by atomic mass is 35.5. The first-order chi connectivity index (χ1) is 16.7. The number of sulfonamides is 1. The number of halogens is 5. The average molecular weight is 569 g/mol. The zero-order valence-electron chi connectivity index (χ0n) is 18.8. The van der Waals surface area contributed by atoms with Crippen LogP contribution in [0.4, 0.5) is 28.4 Å². The Morgan fingerprint density at radius 3 is 2.33 bits per heavy atom. The molecule has 0 aliphatic heterocycles. The van der Waals surface area contributed by atoms with Gasteiger partial charge in [0.15, 0.2) is 5.13 Å². The molecule has 3 N–H and O–H groups in total. The number of carboxylic acid groups (broad SMARTS) is 1. The van der Waals surface area contributed by atoms with E-state index in [1.54, 1.807) is 5.38 Å². The Hall–Kier alpha value is -2.94. The van der Waals surface area contributed by atoms with Gasteiger partial charge in [-0.2, -0.15) is 13.2 Å². The Balaban J connectivity index is 0.000000572. The molecule has 15 heteroatoms. The van der Waals surface area contributed by atoms with Gasteiger partial charge in [0, 0.05) is 18.1 Å². The maximum Gasteiger partial charge on any atom is 0.490 e. The number of anilines is 2. The van der Waals surface area contributed by atoms with Gasteiger partial charge in [-0.15, -0.1) is 11.3 Å². The van der Waals surface area contributed by atoms with Gasteiger partial charge in [0.05, 0.1) is 16.8 Å². The molecule has 0 fully saturated rings. The van der Waals surface area contributed by atoms with Gasteiger partial charge < -0.3 is 15.3 Å². The van der Waals surface area contributed by atoms with E-state index in [1.165, 1.54) is 6.20 Å². The van der Waals surface area contributed by atoms with E-state index in [0.717, 1.165) is 29.0 Å². The van der Waals surface area contributed by atoms with Crippen LogP contribution >= 0.6 is 22.9 Å². The van der Waals surface area contributed by atoms with Crippen molar-refractivity contribution in [3.63, 3.8) is 0 Å². The van der Waals surface area contributed by atoms with Crippen molar-refractivity contribution in [1.29, 1.82) is 0 Å². The van der Waals surface area contributed by atoms with Crippen LogP contribution in [0.3, 0.4) is 0 Å². The lowest BCUT2D eigenvalue weighted by atomic mass is 10.1. The third-order valence-corrected chi connectivity index (χ3v) is 6.77. The molecule has 3 aromatic rings. The minimum Gasteiger partial charge on any atom is -0.475 e. The van der Waals surface area contributed by atoms with Crippen molar-refractivity contribution in [3.8, 4) is 0 Å². The Labute approximate surface area is 213 Å². The third-order valence-electron chi connectivity index (χ3n) is 4.29. The van der Waals surface area contributed by atoms with Gasteiger partial charge in [-0.05, 0) is 31.8 Å². The maximum atomic E-state index is 14.7. The predicted molar refractivity (Wildman–Crippen MR) is 129 cm³/mol. The van der Waals surface area contributed by atoms with E-state index in [1.807, 2.05) is 49.3 Å². The summed E-state index contributed by atoms with van der Waals surface area (Å²) in [7, 11) is -0.290. The smallest absolute Gasteiger partial charge is 0.475 e. The summed E-state index contributed by atoms with van der Waals surface area (Å²) in [6, 6.07) is 11.7. The molecule has 0 aliphatic carbocycles. The zero-order valence-corrected chi connectivity index (χ0v) is 21.1. The summed E-state index contributed by atoms with van der Waals surface area (Å²) in [6.45, 7) is 0.633. The van der Waals surface area contributed by atoms with Gasteiger partial charge in [0.2, 0.25) is 0 Å². The number of rotatable bonds is 8. The lowest BCUT2D eigenvalue weighted by Gasteiger charge is -2.24. The molecule has 0 saturated heterocycles. The van der Waals surface area contributed by atoms with Crippen LogP contribution in [0.5, 0.6) is 0 Å². The van der Waals surface area contributed by atoms with Gasteiger partial charge in [0.25, 0.3) is 10.0 Å². The number of benzene rings is 2. The fourth-order valence-electron chi connectivity index (χ4n) is 2.76. The normalized spacial score (nSPS) is 12.4. The van der Waals surface area contributed by atoms with Crippen molar-refractivity contribution in [1.82, 2.24) is 9.88 Å². The minimum atomic E-state index is -5.08. The number of likely N-dealkylation sites (N-methyl/N-ethyl adjacent to an activating group) is 1. The number of hydrogen-bond acceptors (Lipinski definition) is 7. The molecule has 1 aromatic heterocycles. The molecule has 0 amide bonds. The molecular formula is C21H21ClF4N4O4S2. The number of aliphatic carboxylic acids is 1. The monoisotopic (exact) mass is 568 g/mol.